The van der Waals surface area contributed by atoms with Crippen molar-refractivity contribution in [2.45, 2.75) is 25.4 Å². The first-order valence-electron chi connectivity index (χ1n) is 6.14. The first-order valence-corrected chi connectivity index (χ1v) is 6.14. The van der Waals surface area contributed by atoms with E-state index in [-0.39, 0.29) is 24.5 Å². The molecule has 0 saturated carbocycles. The highest BCUT2D eigenvalue weighted by Gasteiger charge is 2.47. The summed E-state index contributed by atoms with van der Waals surface area (Å²) in [5.41, 5.74) is 0.404. The fourth-order valence-corrected chi connectivity index (χ4v) is 2.65. The van der Waals surface area contributed by atoms with Crippen molar-refractivity contribution in [2.24, 2.45) is 0 Å². The number of carbonyl (C=O) groups is 2. The highest BCUT2D eigenvalue weighted by molar-refractivity contribution is 6.04. The Morgan fingerprint density at radius 1 is 1.21 bits per heavy atom. The van der Waals surface area contributed by atoms with E-state index in [4.69, 9.17) is 0 Å². The number of halogens is 2. The summed E-state index contributed by atoms with van der Waals surface area (Å²) in [4.78, 5) is 26.7. The van der Waals surface area contributed by atoms with Gasteiger partial charge < -0.3 is 4.90 Å². The number of urea groups is 1. The molecule has 3 amide bonds. The van der Waals surface area contributed by atoms with Crippen LogP contribution < -0.4 is 0 Å². The van der Waals surface area contributed by atoms with Gasteiger partial charge in [-0.05, 0) is 30.5 Å². The summed E-state index contributed by atoms with van der Waals surface area (Å²) in [6, 6.07) is 2.69. The average Bonchev–Trinajstić information content (AvgIpc) is 2.94. The standard InChI is InChI=1S/C13H12F2N2O2/c14-9-4-3-8(6-10(9)15)7-17-12(18)11-2-1-5-16(11)13(17)19/h3-4,6,11H,1-2,5,7H2. The van der Waals surface area contributed by atoms with Crippen molar-refractivity contribution in [1.29, 1.82) is 0 Å². The Labute approximate surface area is 108 Å². The van der Waals surface area contributed by atoms with E-state index in [1.807, 2.05) is 0 Å². The average molecular weight is 266 g/mol. The maximum atomic E-state index is 13.1. The first-order chi connectivity index (χ1) is 9.08. The van der Waals surface area contributed by atoms with Gasteiger partial charge >= 0.3 is 6.03 Å². The van der Waals surface area contributed by atoms with E-state index in [2.05, 4.69) is 0 Å². The van der Waals surface area contributed by atoms with Gasteiger partial charge in [0.25, 0.3) is 5.91 Å². The third-order valence-electron chi connectivity index (χ3n) is 3.61. The molecular formula is C13H12F2N2O2. The summed E-state index contributed by atoms with van der Waals surface area (Å²) >= 11 is 0. The van der Waals surface area contributed by atoms with E-state index in [1.165, 1.54) is 6.07 Å². The van der Waals surface area contributed by atoms with E-state index in [9.17, 15) is 18.4 Å². The van der Waals surface area contributed by atoms with E-state index in [0.717, 1.165) is 23.5 Å². The van der Waals surface area contributed by atoms with Crippen LogP contribution in [0.3, 0.4) is 0 Å². The molecule has 2 saturated heterocycles. The van der Waals surface area contributed by atoms with Crippen LogP contribution in [-0.4, -0.2) is 34.3 Å². The Morgan fingerprint density at radius 3 is 2.68 bits per heavy atom. The van der Waals surface area contributed by atoms with Crippen molar-refractivity contribution in [3.05, 3.63) is 35.4 Å². The number of imide groups is 1. The summed E-state index contributed by atoms with van der Waals surface area (Å²) in [6.45, 7) is 0.575. The number of hydrogen-bond donors (Lipinski definition) is 0. The van der Waals surface area contributed by atoms with Crippen LogP contribution in [0, 0.1) is 11.6 Å². The second kappa shape index (κ2) is 4.29. The van der Waals surface area contributed by atoms with Crippen molar-refractivity contribution in [1.82, 2.24) is 9.80 Å². The Hall–Kier alpha value is -1.98. The molecule has 1 aromatic carbocycles. The fraction of sp³-hybridized carbons (Fsp3) is 0.385. The molecule has 4 nitrogen and oxygen atoms in total. The lowest BCUT2D eigenvalue weighted by Gasteiger charge is -2.15. The number of amides is 3. The molecule has 2 aliphatic rings. The van der Waals surface area contributed by atoms with Gasteiger partial charge in [-0.3, -0.25) is 9.69 Å². The molecule has 0 radical (unpaired) electrons. The Kier molecular flexibility index (Phi) is 2.73. The molecule has 6 heteroatoms. The Balaban J connectivity index is 1.81. The van der Waals surface area contributed by atoms with Crippen molar-refractivity contribution in [2.75, 3.05) is 6.54 Å². The van der Waals surface area contributed by atoms with Crippen LogP contribution in [0.15, 0.2) is 18.2 Å². The molecule has 0 N–H and O–H groups in total. The summed E-state index contributed by atoms with van der Waals surface area (Å²) < 4.78 is 25.9. The molecule has 100 valence electrons. The van der Waals surface area contributed by atoms with Crippen molar-refractivity contribution >= 4 is 11.9 Å². The largest absolute Gasteiger partial charge is 0.327 e. The van der Waals surface area contributed by atoms with Gasteiger partial charge in [-0.25, -0.2) is 13.6 Å². The SMILES string of the molecule is O=C1C2CCCN2C(=O)N1Cc1ccc(F)c(F)c1. The molecule has 0 bridgehead atoms. The van der Waals surface area contributed by atoms with Gasteiger partial charge in [-0.1, -0.05) is 6.07 Å². The summed E-state index contributed by atoms with van der Waals surface area (Å²) in [5.74, 6) is -2.16. The number of benzene rings is 1. The minimum Gasteiger partial charge on any atom is -0.312 e. The summed E-state index contributed by atoms with van der Waals surface area (Å²) in [6.07, 6.45) is 1.51. The minimum atomic E-state index is -0.975. The van der Waals surface area contributed by atoms with Gasteiger partial charge in [-0.15, -0.1) is 0 Å². The molecule has 2 fully saturated rings. The van der Waals surface area contributed by atoms with Gasteiger partial charge in [0.1, 0.15) is 6.04 Å². The lowest BCUT2D eigenvalue weighted by atomic mass is 10.2. The monoisotopic (exact) mass is 266 g/mol. The Bertz CT molecular complexity index is 540. The normalized spacial score (nSPS) is 22.3. The molecule has 3 rings (SSSR count). The van der Waals surface area contributed by atoms with Crippen molar-refractivity contribution in [3.8, 4) is 0 Å². The predicted molar refractivity (Wildman–Crippen MR) is 62.0 cm³/mol. The van der Waals surface area contributed by atoms with Gasteiger partial charge in [0.05, 0.1) is 6.54 Å². The van der Waals surface area contributed by atoms with E-state index >= 15 is 0 Å². The van der Waals surface area contributed by atoms with E-state index in [0.29, 0.717) is 18.5 Å². The van der Waals surface area contributed by atoms with Gasteiger partial charge in [0.2, 0.25) is 0 Å². The minimum absolute atomic E-state index is 0.0120. The van der Waals surface area contributed by atoms with Gasteiger partial charge in [-0.2, -0.15) is 0 Å². The number of hydrogen-bond acceptors (Lipinski definition) is 2. The van der Waals surface area contributed by atoms with Gasteiger partial charge in [0, 0.05) is 6.54 Å². The van der Waals surface area contributed by atoms with Crippen molar-refractivity contribution < 1.29 is 18.4 Å². The highest BCUT2D eigenvalue weighted by Crippen LogP contribution is 2.28. The van der Waals surface area contributed by atoms with Crippen LogP contribution in [0.1, 0.15) is 18.4 Å². The van der Waals surface area contributed by atoms with Crippen LogP contribution >= 0.6 is 0 Å². The molecular weight excluding hydrogens is 254 g/mol. The van der Waals surface area contributed by atoms with Crippen LogP contribution in [0.25, 0.3) is 0 Å². The third kappa shape index (κ3) is 1.87. The Morgan fingerprint density at radius 2 is 2.00 bits per heavy atom. The highest BCUT2D eigenvalue weighted by atomic mass is 19.2. The van der Waals surface area contributed by atoms with Crippen LogP contribution in [0.2, 0.25) is 0 Å². The number of rotatable bonds is 2. The zero-order chi connectivity index (χ0) is 13.6. The molecule has 2 heterocycles. The molecule has 0 spiro atoms. The van der Waals surface area contributed by atoms with Gasteiger partial charge in [0.15, 0.2) is 11.6 Å². The maximum Gasteiger partial charge on any atom is 0.327 e. The zero-order valence-electron chi connectivity index (χ0n) is 10.1. The van der Waals surface area contributed by atoms with Crippen LogP contribution in [0.5, 0.6) is 0 Å². The lowest BCUT2D eigenvalue weighted by Crippen LogP contribution is -2.32. The maximum absolute atomic E-state index is 13.1. The summed E-state index contributed by atoms with van der Waals surface area (Å²) in [5, 5.41) is 0. The second-order valence-electron chi connectivity index (χ2n) is 4.81. The third-order valence-corrected chi connectivity index (χ3v) is 3.61. The quantitative estimate of drug-likeness (QED) is 0.767. The van der Waals surface area contributed by atoms with Crippen LogP contribution in [-0.2, 0) is 11.3 Å². The fourth-order valence-electron chi connectivity index (χ4n) is 2.65. The summed E-state index contributed by atoms with van der Waals surface area (Å²) in [7, 11) is 0. The molecule has 1 aromatic rings. The number of fused-ring (bicyclic) bond motifs is 1. The topological polar surface area (TPSA) is 40.6 Å². The molecule has 2 aliphatic heterocycles. The number of nitrogens with zero attached hydrogens (tertiary/aromatic N) is 2. The molecule has 1 unspecified atom stereocenters. The molecule has 1 atom stereocenters. The van der Waals surface area contributed by atoms with E-state index in [1.54, 1.807) is 4.90 Å². The lowest BCUT2D eigenvalue weighted by molar-refractivity contribution is -0.128. The van der Waals surface area contributed by atoms with Crippen molar-refractivity contribution in [3.63, 3.8) is 0 Å². The second-order valence-corrected chi connectivity index (χ2v) is 4.81. The first kappa shape index (κ1) is 12.1. The van der Waals surface area contributed by atoms with Crippen LogP contribution in [0.4, 0.5) is 13.6 Å². The molecule has 0 aromatic heterocycles. The smallest absolute Gasteiger partial charge is 0.312 e. The van der Waals surface area contributed by atoms with E-state index < -0.39 is 11.6 Å². The molecule has 19 heavy (non-hydrogen) atoms. The zero-order valence-corrected chi connectivity index (χ0v) is 10.1. The predicted octanol–water partition coefficient (Wildman–Crippen LogP) is 1.89. The number of carbonyl (C=O) groups excluding carboxylic acids is 2. The molecule has 0 aliphatic carbocycles.